The van der Waals surface area contributed by atoms with E-state index in [4.69, 9.17) is 21.3 Å². The third kappa shape index (κ3) is 10.4. The van der Waals surface area contributed by atoms with Crippen molar-refractivity contribution in [1.29, 1.82) is 0 Å². The molecule has 0 radical (unpaired) electrons. The number of fused-ring (bicyclic) bond motifs is 1. The molecule has 2 N–H and O–H groups in total. The largest absolute Gasteiger partial charge is 0.496 e. The Balaban J connectivity index is 0.815. The summed E-state index contributed by atoms with van der Waals surface area (Å²) >= 11 is 6.56. The molecule has 0 bridgehead atoms. The zero-order chi connectivity index (χ0) is 41.5. The van der Waals surface area contributed by atoms with Gasteiger partial charge in [-0.05, 0) is 87.2 Å². The number of imide groups is 1. The molecule has 4 aromatic rings. The van der Waals surface area contributed by atoms with Gasteiger partial charge < -0.3 is 24.4 Å². The Kier molecular flexibility index (Phi) is 13.9. The maximum absolute atomic E-state index is 13.1. The second-order valence-electron chi connectivity index (χ2n) is 16.5. The average molecular weight is 839 g/mol. The number of nitrogens with zero attached hydrogens (tertiary/aromatic N) is 4. The number of rotatable bonds is 17. The van der Waals surface area contributed by atoms with Gasteiger partial charge in [0.25, 0.3) is 5.91 Å². The van der Waals surface area contributed by atoms with Crippen LogP contribution in [0.25, 0.3) is 0 Å². The molecule has 3 aromatic carbocycles. The number of halogens is 1. The van der Waals surface area contributed by atoms with Crippen molar-refractivity contribution in [3.8, 4) is 5.75 Å². The fourth-order valence-corrected chi connectivity index (χ4v) is 10.2. The number of unbranched alkanes of at least 4 members (excludes halogenated alkanes) is 4. The Hall–Kier alpha value is -4.57. The standard InChI is InChI=1S/C46H56ClN6O5P/c1-58-41-28-35(18-17-32(41)27-43-49-29-38(47)39(50-43)26-33-13-8-9-16-42(33)59(2,3)57)52-24-21-34(22-25-52)48-23-10-6-4-5-7-12-31-14-11-15-36-37(31)30-53(46(36)56)40-19-20-44(54)51-45(40)55/h8-9,11,13-18,28-29,34,40,48H,4-7,10,12,19-27,30H2,1-3H3,(H,51,54,55). The molecule has 312 valence electrons. The van der Waals surface area contributed by atoms with Crippen molar-refractivity contribution < 1.29 is 23.7 Å². The van der Waals surface area contributed by atoms with E-state index in [1.54, 1.807) is 31.5 Å². The lowest BCUT2D eigenvalue weighted by atomic mass is 9.98. The first-order valence-corrected chi connectivity index (χ1v) is 24.0. The zero-order valence-electron chi connectivity index (χ0n) is 34.5. The lowest BCUT2D eigenvalue weighted by Crippen LogP contribution is -2.52. The number of aromatic nitrogens is 2. The number of aryl methyl sites for hydroxylation is 1. The van der Waals surface area contributed by atoms with E-state index in [0.717, 1.165) is 97.3 Å². The Morgan fingerprint density at radius 3 is 2.44 bits per heavy atom. The molecule has 0 aliphatic carbocycles. The summed E-state index contributed by atoms with van der Waals surface area (Å²) in [5, 5.41) is 7.53. The van der Waals surface area contributed by atoms with E-state index in [9.17, 15) is 18.9 Å². The number of anilines is 1. The summed E-state index contributed by atoms with van der Waals surface area (Å²) in [5.74, 6) is 0.725. The predicted molar refractivity (Wildman–Crippen MR) is 234 cm³/mol. The number of methoxy groups -OCH3 is 1. The maximum atomic E-state index is 13.1. The van der Waals surface area contributed by atoms with Crippen molar-refractivity contribution in [3.63, 3.8) is 0 Å². The van der Waals surface area contributed by atoms with E-state index in [-0.39, 0.29) is 24.1 Å². The van der Waals surface area contributed by atoms with Gasteiger partial charge in [-0.15, -0.1) is 0 Å². The zero-order valence-corrected chi connectivity index (χ0v) is 36.1. The smallest absolute Gasteiger partial charge is 0.255 e. The molecule has 3 amide bonds. The van der Waals surface area contributed by atoms with Crippen LogP contribution in [0.3, 0.4) is 0 Å². The van der Waals surface area contributed by atoms with Crippen LogP contribution in [-0.4, -0.2) is 84.7 Å². The number of piperidine rings is 2. The summed E-state index contributed by atoms with van der Waals surface area (Å²) in [6.07, 6.45) is 12.1. The second kappa shape index (κ2) is 19.2. The quantitative estimate of drug-likeness (QED) is 0.0651. The van der Waals surface area contributed by atoms with Crippen LogP contribution in [0.5, 0.6) is 5.75 Å². The number of carbonyl (C=O) groups is 3. The molecular weight excluding hydrogens is 783 g/mol. The fourth-order valence-electron chi connectivity index (χ4n) is 8.77. The van der Waals surface area contributed by atoms with Crippen molar-refractivity contribution >= 4 is 47.5 Å². The molecule has 2 saturated heterocycles. The molecule has 1 aromatic heterocycles. The second-order valence-corrected chi connectivity index (χ2v) is 20.1. The van der Waals surface area contributed by atoms with E-state index in [2.05, 4.69) is 44.8 Å². The van der Waals surface area contributed by atoms with Gasteiger partial charge in [0.2, 0.25) is 11.8 Å². The Labute approximate surface area is 353 Å². The summed E-state index contributed by atoms with van der Waals surface area (Å²) < 4.78 is 18.8. The van der Waals surface area contributed by atoms with Crippen molar-refractivity contribution in [1.82, 2.24) is 25.5 Å². The van der Waals surface area contributed by atoms with E-state index in [0.29, 0.717) is 48.3 Å². The maximum Gasteiger partial charge on any atom is 0.255 e. The lowest BCUT2D eigenvalue weighted by Gasteiger charge is -2.34. The summed E-state index contributed by atoms with van der Waals surface area (Å²) in [7, 11) is -0.759. The minimum Gasteiger partial charge on any atom is -0.496 e. The number of hydrogen-bond acceptors (Lipinski definition) is 9. The summed E-state index contributed by atoms with van der Waals surface area (Å²) in [6, 6.07) is 20.0. The molecule has 13 heteroatoms. The van der Waals surface area contributed by atoms with E-state index >= 15 is 0 Å². The van der Waals surface area contributed by atoms with Crippen LogP contribution < -0.4 is 25.6 Å². The highest BCUT2D eigenvalue weighted by atomic mass is 35.5. The number of amides is 3. The van der Waals surface area contributed by atoms with Crippen LogP contribution in [0.2, 0.25) is 5.02 Å². The van der Waals surface area contributed by atoms with Gasteiger partial charge in [-0.3, -0.25) is 19.7 Å². The van der Waals surface area contributed by atoms with Crippen molar-refractivity contribution in [3.05, 3.63) is 111 Å². The first-order valence-electron chi connectivity index (χ1n) is 21.0. The Morgan fingerprint density at radius 2 is 1.66 bits per heavy atom. The highest BCUT2D eigenvalue weighted by Gasteiger charge is 2.39. The van der Waals surface area contributed by atoms with E-state index in [1.165, 1.54) is 18.4 Å². The molecule has 1 atom stereocenters. The van der Waals surface area contributed by atoms with E-state index in [1.807, 2.05) is 36.4 Å². The molecule has 2 fully saturated rings. The van der Waals surface area contributed by atoms with Crippen molar-refractivity contribution in [2.45, 2.75) is 95.7 Å². The number of nitrogens with one attached hydrogen (secondary N) is 2. The molecule has 4 heterocycles. The molecule has 0 spiro atoms. The molecule has 3 aliphatic rings. The normalized spacial score (nSPS) is 17.4. The molecule has 1 unspecified atom stereocenters. The summed E-state index contributed by atoms with van der Waals surface area (Å²) in [4.78, 5) is 50.7. The molecular formula is C46H56ClN6O5P. The van der Waals surface area contributed by atoms with Gasteiger partial charge >= 0.3 is 0 Å². The van der Waals surface area contributed by atoms with E-state index < -0.39 is 13.2 Å². The molecule has 11 nitrogen and oxygen atoms in total. The Morgan fingerprint density at radius 1 is 0.898 bits per heavy atom. The predicted octanol–water partition coefficient (Wildman–Crippen LogP) is 7.08. The van der Waals surface area contributed by atoms with Crippen LogP contribution in [-0.2, 0) is 40.0 Å². The monoisotopic (exact) mass is 838 g/mol. The van der Waals surface area contributed by atoms with Crippen molar-refractivity contribution in [2.24, 2.45) is 0 Å². The van der Waals surface area contributed by atoms with Gasteiger partial charge in [-0.1, -0.05) is 73.3 Å². The number of benzene rings is 3. The number of carbonyl (C=O) groups excluding carboxylic acids is 3. The first kappa shape index (κ1) is 42.6. The highest BCUT2D eigenvalue weighted by molar-refractivity contribution is 7.70. The van der Waals surface area contributed by atoms with Crippen LogP contribution in [0.15, 0.2) is 66.9 Å². The topological polar surface area (TPSA) is 134 Å². The van der Waals surface area contributed by atoms with Gasteiger partial charge in [-0.25, -0.2) is 9.97 Å². The molecule has 7 rings (SSSR count). The lowest BCUT2D eigenvalue weighted by molar-refractivity contribution is -0.136. The highest BCUT2D eigenvalue weighted by Crippen LogP contribution is 2.37. The summed E-state index contributed by atoms with van der Waals surface area (Å²) in [6.45, 7) is 6.99. The number of hydrogen-bond donors (Lipinski definition) is 2. The summed E-state index contributed by atoms with van der Waals surface area (Å²) in [5.41, 5.74) is 6.77. The third-order valence-corrected chi connectivity index (χ3v) is 13.9. The minimum atomic E-state index is -2.46. The number of ether oxygens (including phenoxy) is 1. The van der Waals surface area contributed by atoms with Crippen molar-refractivity contribution in [2.75, 3.05) is 45.0 Å². The van der Waals surface area contributed by atoms with Crippen LogP contribution in [0, 0.1) is 0 Å². The van der Waals surface area contributed by atoms with Gasteiger partial charge in [-0.2, -0.15) is 0 Å². The van der Waals surface area contributed by atoms with Gasteiger partial charge in [0.05, 0.1) is 17.8 Å². The van der Waals surface area contributed by atoms with Gasteiger partial charge in [0, 0.05) is 79.3 Å². The SMILES string of the molecule is COc1cc(N2CCC(NCCCCCCCc3cccc4c3CN(C3CCC(=O)NC3=O)C4=O)CC2)ccc1Cc1ncc(Cl)c(Cc2ccccc2P(C)(C)=O)n1. The van der Waals surface area contributed by atoms with Gasteiger partial charge in [0.15, 0.2) is 0 Å². The molecule has 59 heavy (non-hydrogen) atoms. The molecule has 3 aliphatic heterocycles. The first-order chi connectivity index (χ1) is 28.5. The minimum absolute atomic E-state index is 0.108. The molecule has 0 saturated carbocycles. The van der Waals surface area contributed by atoms with Crippen LogP contribution >= 0.6 is 18.7 Å². The third-order valence-electron chi connectivity index (χ3n) is 12.0. The Bertz CT molecular complexity index is 2220. The van der Waals surface area contributed by atoms with Gasteiger partial charge in [0.1, 0.15) is 24.8 Å². The van der Waals surface area contributed by atoms with Crippen LogP contribution in [0.4, 0.5) is 5.69 Å². The fraction of sp³-hybridized carbons (Fsp3) is 0.457. The average Bonchev–Trinajstić information content (AvgIpc) is 3.56. The van der Waals surface area contributed by atoms with Crippen LogP contribution in [0.1, 0.15) is 102 Å².